The van der Waals surface area contributed by atoms with E-state index in [0.29, 0.717) is 18.8 Å². The van der Waals surface area contributed by atoms with E-state index in [1.54, 1.807) is 0 Å². The number of aliphatic carboxylic acids is 1. The fourth-order valence-electron chi connectivity index (χ4n) is 10.9. The minimum absolute atomic E-state index is 0.0115. The second-order valence-corrected chi connectivity index (χ2v) is 14.6. The third-order valence-corrected chi connectivity index (χ3v) is 13.6. The van der Waals surface area contributed by atoms with Crippen LogP contribution in [-0.2, 0) is 4.79 Å². The highest BCUT2D eigenvalue weighted by atomic mass is 16.4. The lowest BCUT2D eigenvalue weighted by Crippen LogP contribution is -2.68. The Labute approximate surface area is 211 Å². The summed E-state index contributed by atoms with van der Waals surface area (Å²) in [5, 5.41) is 43.8. The number of allylic oxidation sites excluding steroid dienone is 1. The molecule has 0 radical (unpaired) electrons. The van der Waals surface area contributed by atoms with Gasteiger partial charge in [0.25, 0.3) is 0 Å². The topological polar surface area (TPSA) is 98.0 Å². The molecule has 5 nitrogen and oxygen atoms in total. The Kier molecular flexibility index (Phi) is 5.56. The van der Waals surface area contributed by atoms with Crippen LogP contribution in [0.3, 0.4) is 0 Å². The molecular formula is C30H48O5. The van der Waals surface area contributed by atoms with E-state index < -0.39 is 28.5 Å². The maximum Gasteiger partial charge on any atom is 0.310 e. The third kappa shape index (κ3) is 2.90. The summed E-state index contributed by atoms with van der Waals surface area (Å²) in [5.74, 6) is -0.356. The van der Waals surface area contributed by atoms with E-state index in [9.17, 15) is 25.2 Å². The molecule has 0 bridgehead atoms. The first-order chi connectivity index (χ1) is 16.1. The third-order valence-electron chi connectivity index (χ3n) is 13.6. The van der Waals surface area contributed by atoms with E-state index in [0.717, 1.165) is 44.9 Å². The van der Waals surface area contributed by atoms with Gasteiger partial charge in [0.1, 0.15) is 0 Å². The van der Waals surface area contributed by atoms with Crippen molar-refractivity contribution in [3.63, 3.8) is 0 Å². The van der Waals surface area contributed by atoms with Gasteiger partial charge in [0, 0.05) is 11.3 Å². The molecule has 0 saturated heterocycles. The van der Waals surface area contributed by atoms with Crippen LogP contribution in [0.2, 0.25) is 0 Å². The number of fused-ring (bicyclic) bond motifs is 7. The molecule has 5 rings (SSSR count). The van der Waals surface area contributed by atoms with Gasteiger partial charge in [-0.25, -0.2) is 0 Å². The Morgan fingerprint density at radius 3 is 2.29 bits per heavy atom. The fraction of sp³-hybridized carbons (Fsp3) is 0.900. The number of carboxylic acid groups (broad SMARTS) is 1. The number of carbonyl (C=O) groups is 1. The number of hydrogen-bond acceptors (Lipinski definition) is 4. The molecule has 4 N–H and O–H groups in total. The lowest BCUT2D eigenvalue weighted by Gasteiger charge is -2.71. The first-order valence-corrected chi connectivity index (χ1v) is 14.1. The molecule has 0 heterocycles. The zero-order chi connectivity index (χ0) is 25.8. The van der Waals surface area contributed by atoms with Crippen molar-refractivity contribution in [2.45, 2.75) is 111 Å². The molecule has 0 aliphatic heterocycles. The second kappa shape index (κ2) is 7.57. The van der Waals surface area contributed by atoms with Crippen molar-refractivity contribution in [2.24, 2.45) is 50.7 Å². The van der Waals surface area contributed by atoms with Crippen molar-refractivity contribution in [1.82, 2.24) is 0 Å². The van der Waals surface area contributed by atoms with Gasteiger partial charge in [-0.1, -0.05) is 46.3 Å². The Bertz CT molecular complexity index is 941. The molecule has 0 amide bonds. The first-order valence-electron chi connectivity index (χ1n) is 14.1. The molecule has 11 atom stereocenters. The van der Waals surface area contributed by atoms with E-state index in [1.807, 2.05) is 6.92 Å². The number of hydrogen-bond donors (Lipinski definition) is 4. The Morgan fingerprint density at radius 1 is 0.971 bits per heavy atom. The van der Waals surface area contributed by atoms with Crippen LogP contribution in [0.25, 0.3) is 0 Å². The first kappa shape index (κ1) is 25.7. The van der Waals surface area contributed by atoms with Gasteiger partial charge < -0.3 is 20.4 Å². The summed E-state index contributed by atoms with van der Waals surface area (Å²) in [6.45, 7) is 13.3. The quantitative estimate of drug-likeness (QED) is 0.402. The highest BCUT2D eigenvalue weighted by molar-refractivity contribution is 5.77. The van der Waals surface area contributed by atoms with Gasteiger partial charge in [-0.3, -0.25) is 4.79 Å². The van der Waals surface area contributed by atoms with Gasteiger partial charge >= 0.3 is 5.97 Å². The van der Waals surface area contributed by atoms with Gasteiger partial charge in [-0.2, -0.15) is 0 Å². The molecule has 5 aliphatic rings. The van der Waals surface area contributed by atoms with Gasteiger partial charge in [-0.05, 0) is 98.7 Å². The summed E-state index contributed by atoms with van der Waals surface area (Å²) in [4.78, 5) is 12.8. The summed E-state index contributed by atoms with van der Waals surface area (Å²) in [6.07, 6.45) is 9.32. The summed E-state index contributed by atoms with van der Waals surface area (Å²) in [7, 11) is 0. The van der Waals surface area contributed by atoms with Crippen LogP contribution < -0.4 is 0 Å². The van der Waals surface area contributed by atoms with E-state index >= 15 is 0 Å². The van der Waals surface area contributed by atoms with Crippen LogP contribution >= 0.6 is 0 Å². The van der Waals surface area contributed by atoms with Gasteiger partial charge in [0.2, 0.25) is 0 Å². The van der Waals surface area contributed by atoms with Crippen molar-refractivity contribution in [1.29, 1.82) is 0 Å². The van der Waals surface area contributed by atoms with E-state index in [4.69, 9.17) is 0 Å². The minimum Gasteiger partial charge on any atom is -0.481 e. The molecule has 4 saturated carbocycles. The molecule has 5 aliphatic carbocycles. The van der Waals surface area contributed by atoms with Crippen molar-refractivity contribution in [3.8, 4) is 0 Å². The smallest absolute Gasteiger partial charge is 0.310 e. The summed E-state index contributed by atoms with van der Waals surface area (Å²) >= 11 is 0. The lowest BCUT2D eigenvalue weighted by atomic mass is 9.33. The minimum atomic E-state index is -1.04. The number of aliphatic hydroxyl groups excluding tert-OH is 2. The molecular weight excluding hydrogens is 440 g/mol. The summed E-state index contributed by atoms with van der Waals surface area (Å²) in [6, 6.07) is 0. The molecule has 0 aromatic carbocycles. The highest BCUT2D eigenvalue weighted by Crippen LogP contribution is 2.76. The molecule has 0 aromatic rings. The zero-order valence-corrected chi connectivity index (χ0v) is 22.7. The number of carboxylic acids is 1. The van der Waals surface area contributed by atoms with E-state index in [2.05, 4.69) is 40.7 Å². The Morgan fingerprint density at radius 2 is 1.66 bits per heavy atom. The van der Waals surface area contributed by atoms with Gasteiger partial charge in [0.15, 0.2) is 0 Å². The maximum absolute atomic E-state index is 12.8. The molecule has 5 heteroatoms. The number of rotatable bonds is 2. The fourth-order valence-corrected chi connectivity index (χ4v) is 10.9. The molecule has 2 unspecified atom stereocenters. The summed E-state index contributed by atoms with van der Waals surface area (Å²) < 4.78 is 0. The normalized spacial score (nSPS) is 57.7. The molecule has 0 spiro atoms. The Hall–Kier alpha value is -0.910. The maximum atomic E-state index is 12.8. The average Bonchev–Trinajstić information content (AvgIpc) is 2.79. The monoisotopic (exact) mass is 488 g/mol. The van der Waals surface area contributed by atoms with Crippen LogP contribution in [0.15, 0.2) is 11.6 Å². The lowest BCUT2D eigenvalue weighted by molar-refractivity contribution is -0.225. The van der Waals surface area contributed by atoms with Crippen molar-refractivity contribution >= 4 is 5.97 Å². The largest absolute Gasteiger partial charge is 0.481 e. The number of aliphatic hydroxyl groups is 3. The molecule has 0 aromatic heterocycles. The van der Waals surface area contributed by atoms with Gasteiger partial charge in [-0.15, -0.1) is 0 Å². The van der Waals surface area contributed by atoms with Crippen LogP contribution in [0.1, 0.15) is 99.3 Å². The van der Waals surface area contributed by atoms with Crippen LogP contribution in [0.5, 0.6) is 0 Å². The highest BCUT2D eigenvalue weighted by Gasteiger charge is 2.71. The molecule has 35 heavy (non-hydrogen) atoms. The van der Waals surface area contributed by atoms with Crippen molar-refractivity contribution < 1.29 is 25.2 Å². The van der Waals surface area contributed by atoms with Crippen LogP contribution in [-0.4, -0.2) is 44.7 Å². The summed E-state index contributed by atoms with van der Waals surface area (Å²) in [5.41, 5.74) is -1.35. The van der Waals surface area contributed by atoms with Crippen molar-refractivity contribution in [2.75, 3.05) is 6.61 Å². The SMILES string of the molecule is C[C@@H]1CC[C@]2(C(=O)O)CC[C@]3(C)C(=CC[C@@H]4[C@@]5(C)CCC(O)C(C)(CO)[C@@H]5CC[C@]43C)[C@@H]2[C@]1(C)O. The average molecular weight is 489 g/mol. The van der Waals surface area contributed by atoms with Crippen LogP contribution in [0.4, 0.5) is 0 Å². The Balaban J connectivity index is 1.64. The predicted molar refractivity (Wildman–Crippen MR) is 135 cm³/mol. The van der Waals surface area contributed by atoms with E-state index in [1.165, 1.54) is 5.57 Å². The van der Waals surface area contributed by atoms with Gasteiger partial charge in [0.05, 0.1) is 23.7 Å². The van der Waals surface area contributed by atoms with Crippen molar-refractivity contribution in [3.05, 3.63) is 11.6 Å². The second-order valence-electron chi connectivity index (χ2n) is 14.6. The molecule has 4 fully saturated rings. The standard InChI is InChI=1S/C30H48O5/c1-18-9-14-30(24(33)34)16-15-27(4)19(23(30)29(18,6)35)7-8-21-25(2)12-11-22(32)26(3,17-31)20(25)10-13-28(21,27)5/h7,18,20-23,31-32,35H,8-17H2,1-6H3,(H,33,34)/t18-,20-,21-,22?,23-,25+,26?,27-,28-,29-,30+/m1/s1. The van der Waals surface area contributed by atoms with Crippen LogP contribution in [0, 0.1) is 50.7 Å². The predicted octanol–water partition coefficient (Wildman–Crippen LogP) is 5.18. The zero-order valence-electron chi connectivity index (χ0n) is 22.7. The van der Waals surface area contributed by atoms with E-state index in [-0.39, 0.29) is 40.6 Å². The molecule has 198 valence electrons.